The van der Waals surface area contributed by atoms with Crippen LogP contribution in [-0.2, 0) is 16.2 Å². The number of fused-ring (bicyclic) bond motifs is 11. The van der Waals surface area contributed by atoms with Crippen molar-refractivity contribution in [2.24, 2.45) is 0 Å². The third-order valence-corrected chi connectivity index (χ3v) is 13.8. The number of aromatic amines is 1. The predicted molar refractivity (Wildman–Crippen MR) is 285 cm³/mol. The smallest absolute Gasteiger partial charge is 0.0900 e. The minimum absolute atomic E-state index is 0.0912. The standard InChI is InChI=1S/C64H57N3/c1-62(2,3)49-29-47-28-48(30-49)56-31-45(43-24-20-41(21-25-43)39-16-12-10-13-17-39)33-58(65-56)59-34-46(44-26-22-42(23-27-44)40-18-14-11-15-19-40)32-57(66-59)55-38-51(64(7,8)9)37-54-53-36-50(63(4,5)6)35-52(47)60(53)67-61(54)55/h10-38,67H,1-9H3. The van der Waals surface area contributed by atoms with Crippen molar-refractivity contribution in [3.05, 3.63) is 193 Å². The second kappa shape index (κ2) is 15.6. The summed E-state index contributed by atoms with van der Waals surface area (Å²) in [6.07, 6.45) is 0. The summed E-state index contributed by atoms with van der Waals surface area (Å²) in [6.45, 7) is 20.8. The molecule has 3 nitrogen and oxygen atoms in total. The lowest BCUT2D eigenvalue weighted by molar-refractivity contribution is 0.590. The van der Waals surface area contributed by atoms with E-state index in [0.29, 0.717) is 0 Å². The summed E-state index contributed by atoms with van der Waals surface area (Å²) >= 11 is 0. The molecule has 3 aromatic heterocycles. The van der Waals surface area contributed by atoms with Crippen molar-refractivity contribution in [1.29, 1.82) is 0 Å². The fraction of sp³-hybridized carbons (Fsp3) is 0.188. The molecule has 0 spiro atoms. The van der Waals surface area contributed by atoms with Gasteiger partial charge in [-0.05, 0) is 144 Å². The first kappa shape index (κ1) is 42.3. The summed E-state index contributed by atoms with van der Waals surface area (Å²) in [5, 5.41) is 2.45. The van der Waals surface area contributed by atoms with Crippen LogP contribution in [0.2, 0.25) is 0 Å². The van der Waals surface area contributed by atoms with Gasteiger partial charge in [0.05, 0.1) is 33.8 Å². The van der Waals surface area contributed by atoms with Crippen molar-refractivity contribution in [3.8, 4) is 89.5 Å². The minimum atomic E-state index is -0.124. The number of nitrogens with one attached hydrogen (secondary N) is 1. The summed E-state index contributed by atoms with van der Waals surface area (Å²) in [6, 6.07) is 65.0. The summed E-state index contributed by atoms with van der Waals surface area (Å²) in [4.78, 5) is 15.4. The van der Waals surface area contributed by atoms with Gasteiger partial charge in [0.25, 0.3) is 0 Å². The van der Waals surface area contributed by atoms with Crippen molar-refractivity contribution in [1.82, 2.24) is 15.0 Å². The summed E-state index contributed by atoms with van der Waals surface area (Å²) < 4.78 is 0. The second-order valence-corrected chi connectivity index (χ2v) is 21.7. The van der Waals surface area contributed by atoms with Gasteiger partial charge in [-0.25, -0.2) is 9.97 Å². The number of hydrogen-bond acceptors (Lipinski definition) is 2. The number of H-pyrrole nitrogens is 1. The Morgan fingerprint density at radius 2 is 0.642 bits per heavy atom. The summed E-state index contributed by atoms with van der Waals surface area (Å²) in [5.41, 5.74) is 22.9. The molecule has 0 radical (unpaired) electrons. The second-order valence-electron chi connectivity index (χ2n) is 21.7. The first-order valence-corrected chi connectivity index (χ1v) is 23.7. The average molecular weight is 868 g/mol. The van der Waals surface area contributed by atoms with Gasteiger partial charge in [0.2, 0.25) is 0 Å². The molecular formula is C64H57N3. The molecule has 0 amide bonds. The van der Waals surface area contributed by atoms with Crippen molar-refractivity contribution in [2.45, 2.75) is 78.6 Å². The van der Waals surface area contributed by atoms with E-state index < -0.39 is 0 Å². The van der Waals surface area contributed by atoms with Gasteiger partial charge >= 0.3 is 0 Å². The molecule has 10 aromatic rings. The Hall–Kier alpha value is -7.36. The normalized spacial score (nSPS) is 12.6. The molecule has 0 atom stereocenters. The predicted octanol–water partition coefficient (Wildman–Crippen LogP) is 17.7. The van der Waals surface area contributed by atoms with E-state index in [1.165, 1.54) is 60.8 Å². The lowest BCUT2D eigenvalue weighted by Gasteiger charge is -2.24. The van der Waals surface area contributed by atoms with Crippen molar-refractivity contribution < 1.29 is 0 Å². The quantitative estimate of drug-likeness (QED) is 0.191. The third kappa shape index (κ3) is 7.87. The Kier molecular flexibility index (Phi) is 9.87. The van der Waals surface area contributed by atoms with E-state index >= 15 is 0 Å². The highest BCUT2D eigenvalue weighted by Crippen LogP contribution is 2.45. The number of pyridine rings is 2. The molecule has 7 aromatic carbocycles. The van der Waals surface area contributed by atoms with Gasteiger partial charge in [0.1, 0.15) is 0 Å². The Morgan fingerprint density at radius 3 is 1.12 bits per heavy atom. The maximum absolute atomic E-state index is 5.67. The molecule has 0 saturated carbocycles. The molecule has 4 heterocycles. The fourth-order valence-corrected chi connectivity index (χ4v) is 9.68. The minimum Gasteiger partial charge on any atom is -0.353 e. The number of benzene rings is 7. The van der Waals surface area contributed by atoms with Crippen molar-refractivity contribution in [2.75, 3.05) is 0 Å². The van der Waals surface area contributed by atoms with Crippen LogP contribution in [0.3, 0.4) is 0 Å². The summed E-state index contributed by atoms with van der Waals surface area (Å²) in [7, 11) is 0. The lowest BCUT2D eigenvalue weighted by Crippen LogP contribution is -2.12. The largest absolute Gasteiger partial charge is 0.353 e. The first-order chi connectivity index (χ1) is 32.0. The van der Waals surface area contributed by atoms with Gasteiger partial charge in [-0.1, -0.05) is 178 Å². The molecule has 67 heavy (non-hydrogen) atoms. The van der Waals surface area contributed by atoms with E-state index in [4.69, 9.17) is 9.97 Å². The Labute approximate surface area is 395 Å². The van der Waals surface area contributed by atoms with Gasteiger partial charge in [0, 0.05) is 27.5 Å². The fourth-order valence-electron chi connectivity index (χ4n) is 9.68. The molecule has 8 bridgehead atoms. The van der Waals surface area contributed by atoms with E-state index in [0.717, 1.165) is 67.2 Å². The van der Waals surface area contributed by atoms with Crippen LogP contribution in [0.25, 0.3) is 111 Å². The van der Waals surface area contributed by atoms with Gasteiger partial charge in [0.15, 0.2) is 0 Å². The molecule has 1 aliphatic heterocycles. The lowest BCUT2D eigenvalue weighted by atomic mass is 9.81. The third-order valence-electron chi connectivity index (χ3n) is 13.8. The van der Waals surface area contributed by atoms with Gasteiger partial charge in [-0.2, -0.15) is 0 Å². The number of hydrogen-bond donors (Lipinski definition) is 1. The molecule has 0 aliphatic carbocycles. The Bertz CT molecular complexity index is 3520. The monoisotopic (exact) mass is 867 g/mol. The van der Waals surface area contributed by atoms with Crippen LogP contribution in [0.4, 0.5) is 0 Å². The summed E-state index contributed by atoms with van der Waals surface area (Å²) in [5.74, 6) is 0. The van der Waals surface area contributed by atoms with E-state index in [9.17, 15) is 0 Å². The van der Waals surface area contributed by atoms with E-state index in [2.05, 4.69) is 243 Å². The Balaban J connectivity index is 1.25. The van der Waals surface area contributed by atoms with E-state index in [1.807, 2.05) is 0 Å². The highest BCUT2D eigenvalue weighted by Gasteiger charge is 2.26. The molecule has 11 rings (SSSR count). The average Bonchev–Trinajstić information content (AvgIpc) is 3.71. The molecule has 1 N–H and O–H groups in total. The number of nitrogens with zero attached hydrogens (tertiary/aromatic N) is 2. The molecule has 0 fully saturated rings. The van der Waals surface area contributed by atoms with Crippen LogP contribution in [0.1, 0.15) is 79.0 Å². The topological polar surface area (TPSA) is 41.6 Å². The van der Waals surface area contributed by atoms with Crippen LogP contribution in [0, 0.1) is 0 Å². The highest BCUT2D eigenvalue weighted by atomic mass is 14.8. The van der Waals surface area contributed by atoms with Crippen LogP contribution in [-0.4, -0.2) is 15.0 Å². The molecule has 1 aliphatic rings. The van der Waals surface area contributed by atoms with Crippen LogP contribution in [0.5, 0.6) is 0 Å². The zero-order chi connectivity index (χ0) is 46.4. The van der Waals surface area contributed by atoms with Crippen LogP contribution >= 0.6 is 0 Å². The zero-order valence-corrected chi connectivity index (χ0v) is 40.1. The number of aromatic nitrogens is 3. The molecule has 0 unspecified atom stereocenters. The zero-order valence-electron chi connectivity index (χ0n) is 40.1. The van der Waals surface area contributed by atoms with Crippen LogP contribution < -0.4 is 0 Å². The maximum Gasteiger partial charge on any atom is 0.0900 e. The van der Waals surface area contributed by atoms with E-state index in [-0.39, 0.29) is 16.2 Å². The van der Waals surface area contributed by atoms with Gasteiger partial charge in [-0.15, -0.1) is 0 Å². The molecule has 328 valence electrons. The van der Waals surface area contributed by atoms with Crippen LogP contribution in [0.15, 0.2) is 176 Å². The number of rotatable bonds is 4. The SMILES string of the molecule is CC(C)(C)c1cc2cc(c1)-c1cc(C(C)(C)C)cc3c1[nH]c1c(cc(C(C)(C)C)cc13)-c1cc(-c3ccc(-c4ccccc4)cc3)cc(n1)-c1cc(-c3ccc(-c4ccccc4)cc3)cc-2n1. The highest BCUT2D eigenvalue weighted by molar-refractivity contribution is 6.16. The van der Waals surface area contributed by atoms with Gasteiger partial charge in [-0.3, -0.25) is 0 Å². The maximum atomic E-state index is 5.67. The van der Waals surface area contributed by atoms with Crippen molar-refractivity contribution in [3.63, 3.8) is 0 Å². The first-order valence-electron chi connectivity index (χ1n) is 23.7. The van der Waals surface area contributed by atoms with Gasteiger partial charge < -0.3 is 4.98 Å². The molecule has 0 saturated heterocycles. The molecule has 3 heteroatoms. The molecular weight excluding hydrogens is 811 g/mol. The van der Waals surface area contributed by atoms with E-state index in [1.54, 1.807) is 0 Å². The Morgan fingerprint density at radius 1 is 0.284 bits per heavy atom. The van der Waals surface area contributed by atoms with Crippen molar-refractivity contribution >= 4 is 21.8 Å².